The first kappa shape index (κ1) is 14.8. The van der Waals surface area contributed by atoms with Crippen LogP contribution >= 0.6 is 0 Å². The minimum atomic E-state index is -5.11. The molecule has 1 aromatic carbocycles. The molecule has 3 nitrogen and oxygen atoms in total. The monoisotopic (exact) mass is 289 g/mol. The summed E-state index contributed by atoms with van der Waals surface area (Å²) in [6.45, 7) is 0. The van der Waals surface area contributed by atoms with Gasteiger partial charge in [-0.25, -0.2) is 22.3 Å². The van der Waals surface area contributed by atoms with Crippen LogP contribution in [0.5, 0.6) is 0 Å². The van der Waals surface area contributed by atoms with E-state index in [4.69, 9.17) is 0 Å². The number of benzene rings is 1. The molecule has 0 heterocycles. The highest BCUT2D eigenvalue weighted by molar-refractivity contribution is 7.89. The second-order valence-electron chi connectivity index (χ2n) is 3.48. The molecule has 9 heteroatoms. The molecule has 102 valence electrons. The van der Waals surface area contributed by atoms with E-state index in [0.29, 0.717) is 12.1 Å². The zero-order chi connectivity index (χ0) is 14.1. The van der Waals surface area contributed by atoms with Crippen LogP contribution in [0.4, 0.5) is 22.0 Å². The molecule has 1 atom stereocenters. The van der Waals surface area contributed by atoms with Crippen molar-refractivity contribution in [2.75, 3.05) is 0 Å². The maximum atomic E-state index is 12.6. The van der Waals surface area contributed by atoms with Gasteiger partial charge in [-0.15, -0.1) is 0 Å². The maximum Gasteiger partial charge on any atom is 0.410 e. The first-order valence-electron chi connectivity index (χ1n) is 4.50. The molecule has 0 fully saturated rings. The SMILES string of the molecule is NS(=O)(=O)C(c1ccc(C(F)F)cc1)C(F)(F)F. The molecule has 0 amide bonds. The van der Waals surface area contributed by atoms with Gasteiger partial charge in [0.2, 0.25) is 10.0 Å². The summed E-state index contributed by atoms with van der Waals surface area (Å²) in [6, 6.07) is 2.79. The van der Waals surface area contributed by atoms with E-state index in [-0.39, 0.29) is 0 Å². The summed E-state index contributed by atoms with van der Waals surface area (Å²) in [5.41, 5.74) is -1.21. The van der Waals surface area contributed by atoms with Crippen LogP contribution in [0.15, 0.2) is 24.3 Å². The first-order valence-corrected chi connectivity index (χ1v) is 6.10. The molecule has 0 aromatic heterocycles. The third kappa shape index (κ3) is 3.39. The van der Waals surface area contributed by atoms with E-state index >= 15 is 0 Å². The molecule has 0 aliphatic rings. The summed E-state index contributed by atoms with van der Waals surface area (Å²) in [7, 11) is -4.92. The predicted octanol–water partition coefficient (Wildman–Crippen LogP) is 2.52. The van der Waals surface area contributed by atoms with Crippen LogP contribution in [0.1, 0.15) is 22.8 Å². The second kappa shape index (κ2) is 4.81. The highest BCUT2D eigenvalue weighted by Gasteiger charge is 2.48. The lowest BCUT2D eigenvalue weighted by Crippen LogP contribution is -2.33. The van der Waals surface area contributed by atoms with Crippen molar-refractivity contribution >= 4 is 10.0 Å². The van der Waals surface area contributed by atoms with E-state index in [1.54, 1.807) is 0 Å². The van der Waals surface area contributed by atoms with Gasteiger partial charge in [-0.1, -0.05) is 24.3 Å². The summed E-state index contributed by atoms with van der Waals surface area (Å²) in [4.78, 5) is 0. The minimum Gasteiger partial charge on any atom is -0.228 e. The standard InChI is InChI=1S/C9H8F5NO2S/c10-8(11)6-3-1-5(2-4-6)7(9(12,13)14)18(15,16)17/h1-4,7-8H,(H2,15,16,17). The van der Waals surface area contributed by atoms with Crippen LogP contribution in [-0.4, -0.2) is 14.6 Å². The van der Waals surface area contributed by atoms with E-state index in [1.165, 1.54) is 0 Å². The van der Waals surface area contributed by atoms with Crippen molar-refractivity contribution in [2.45, 2.75) is 17.9 Å². The van der Waals surface area contributed by atoms with Crippen molar-refractivity contribution in [3.63, 3.8) is 0 Å². The average Bonchev–Trinajstić information content (AvgIpc) is 2.13. The van der Waals surface area contributed by atoms with Gasteiger partial charge in [-0.05, 0) is 5.56 Å². The van der Waals surface area contributed by atoms with Gasteiger partial charge in [-0.3, -0.25) is 0 Å². The van der Waals surface area contributed by atoms with E-state index in [9.17, 15) is 30.4 Å². The number of hydrogen-bond acceptors (Lipinski definition) is 2. The number of rotatable bonds is 3. The molecule has 1 aromatic rings. The Morgan fingerprint density at radius 3 is 1.67 bits per heavy atom. The molecule has 0 aliphatic heterocycles. The summed E-state index contributed by atoms with van der Waals surface area (Å²) in [6.07, 6.45) is -7.96. The van der Waals surface area contributed by atoms with E-state index in [0.717, 1.165) is 12.1 Å². The third-order valence-electron chi connectivity index (χ3n) is 2.12. The van der Waals surface area contributed by atoms with Crippen LogP contribution in [-0.2, 0) is 10.0 Å². The molecular weight excluding hydrogens is 281 g/mol. The molecule has 0 aliphatic carbocycles. The lowest BCUT2D eigenvalue weighted by Gasteiger charge is -2.18. The average molecular weight is 289 g/mol. The Labute approximate surface area is 99.5 Å². The van der Waals surface area contributed by atoms with Crippen molar-refractivity contribution in [2.24, 2.45) is 5.14 Å². The molecule has 18 heavy (non-hydrogen) atoms. The van der Waals surface area contributed by atoms with Gasteiger partial charge < -0.3 is 0 Å². The highest BCUT2D eigenvalue weighted by Crippen LogP contribution is 2.38. The number of primary sulfonamides is 1. The normalized spacial score (nSPS) is 14.8. The summed E-state index contributed by atoms with van der Waals surface area (Å²) >= 11 is 0. The predicted molar refractivity (Wildman–Crippen MR) is 53.3 cm³/mol. The molecule has 0 saturated heterocycles. The molecule has 0 spiro atoms. The van der Waals surface area contributed by atoms with Crippen molar-refractivity contribution in [1.29, 1.82) is 0 Å². The van der Waals surface area contributed by atoms with Crippen LogP contribution in [0.3, 0.4) is 0 Å². The quantitative estimate of drug-likeness (QED) is 0.869. The summed E-state index contributed by atoms with van der Waals surface area (Å²) in [5.74, 6) is 0. The number of alkyl halides is 5. The van der Waals surface area contributed by atoms with Crippen molar-refractivity contribution in [3.05, 3.63) is 35.4 Å². The smallest absolute Gasteiger partial charge is 0.228 e. The van der Waals surface area contributed by atoms with Crippen LogP contribution < -0.4 is 5.14 Å². The fourth-order valence-corrected chi connectivity index (χ4v) is 2.29. The van der Waals surface area contributed by atoms with Crippen molar-refractivity contribution < 1.29 is 30.4 Å². The van der Waals surface area contributed by atoms with Crippen LogP contribution in [0.2, 0.25) is 0 Å². The van der Waals surface area contributed by atoms with Gasteiger partial charge in [0.15, 0.2) is 5.25 Å². The lowest BCUT2D eigenvalue weighted by molar-refractivity contribution is -0.131. The molecule has 0 saturated carbocycles. The Morgan fingerprint density at radius 1 is 1.00 bits per heavy atom. The molecule has 2 N–H and O–H groups in total. The van der Waals surface area contributed by atoms with Gasteiger partial charge in [-0.2, -0.15) is 13.2 Å². The van der Waals surface area contributed by atoms with Crippen LogP contribution in [0.25, 0.3) is 0 Å². The number of sulfonamides is 1. The summed E-state index contributed by atoms with van der Waals surface area (Å²) < 4.78 is 83.9. The Hall–Kier alpha value is -1.22. The Kier molecular flexibility index (Phi) is 3.96. The zero-order valence-corrected chi connectivity index (χ0v) is 9.47. The van der Waals surface area contributed by atoms with Gasteiger partial charge in [0, 0.05) is 5.56 Å². The number of halogens is 5. The Balaban J connectivity index is 3.24. The van der Waals surface area contributed by atoms with Crippen molar-refractivity contribution in [3.8, 4) is 0 Å². The minimum absolute atomic E-state index is 0.505. The molecule has 0 bridgehead atoms. The van der Waals surface area contributed by atoms with Crippen LogP contribution in [0, 0.1) is 0 Å². The first-order chi connectivity index (χ1) is 8.03. The summed E-state index contributed by atoms with van der Waals surface area (Å²) in [5, 5.41) is 1.58. The fourth-order valence-electron chi connectivity index (χ4n) is 1.38. The topological polar surface area (TPSA) is 60.2 Å². The largest absolute Gasteiger partial charge is 0.410 e. The molecule has 1 rings (SSSR count). The molecule has 1 unspecified atom stereocenters. The van der Waals surface area contributed by atoms with Gasteiger partial charge in [0.05, 0.1) is 0 Å². The second-order valence-corrected chi connectivity index (χ2v) is 5.13. The van der Waals surface area contributed by atoms with E-state index < -0.39 is 39.0 Å². The molecule has 0 radical (unpaired) electrons. The van der Waals surface area contributed by atoms with Gasteiger partial charge in [0.1, 0.15) is 0 Å². The molecular formula is C9H8F5NO2S. The lowest BCUT2D eigenvalue weighted by atomic mass is 10.1. The highest BCUT2D eigenvalue weighted by atomic mass is 32.2. The van der Waals surface area contributed by atoms with E-state index in [2.05, 4.69) is 5.14 Å². The van der Waals surface area contributed by atoms with E-state index in [1.807, 2.05) is 0 Å². The maximum absolute atomic E-state index is 12.6. The number of nitrogens with two attached hydrogens (primary N) is 1. The van der Waals surface area contributed by atoms with Gasteiger partial charge >= 0.3 is 6.18 Å². The zero-order valence-electron chi connectivity index (χ0n) is 8.66. The van der Waals surface area contributed by atoms with Crippen molar-refractivity contribution in [1.82, 2.24) is 0 Å². The van der Waals surface area contributed by atoms with Gasteiger partial charge in [0.25, 0.3) is 6.43 Å². The third-order valence-corrected chi connectivity index (χ3v) is 3.31. The number of hydrogen-bond donors (Lipinski definition) is 1. The Morgan fingerprint density at radius 2 is 1.39 bits per heavy atom. The fraction of sp³-hybridized carbons (Fsp3) is 0.333. The Bertz CT molecular complexity index is 509.